The van der Waals surface area contributed by atoms with Crippen molar-refractivity contribution >= 4 is 5.71 Å². The summed E-state index contributed by atoms with van der Waals surface area (Å²) in [6.45, 7) is 5.79. The standard InChI is InChI=1S/C11H13N/c1-4-11(12-3)10-8-6-5-7-9(10)2/h4-8H,1H2,2-3H3. The Balaban J connectivity index is 3.18. The average molecular weight is 159 g/mol. The lowest BCUT2D eigenvalue weighted by molar-refractivity contribution is 1.39. The minimum absolute atomic E-state index is 0.952. The van der Waals surface area contributed by atoms with E-state index in [0.29, 0.717) is 0 Å². The molecular formula is C11H13N. The van der Waals surface area contributed by atoms with Crippen molar-refractivity contribution in [2.75, 3.05) is 7.05 Å². The van der Waals surface area contributed by atoms with E-state index < -0.39 is 0 Å². The first-order valence-corrected chi connectivity index (χ1v) is 3.95. The summed E-state index contributed by atoms with van der Waals surface area (Å²) >= 11 is 0. The van der Waals surface area contributed by atoms with Gasteiger partial charge in [-0.05, 0) is 18.6 Å². The Morgan fingerprint density at radius 3 is 2.58 bits per heavy atom. The number of benzene rings is 1. The fourth-order valence-corrected chi connectivity index (χ4v) is 1.18. The largest absolute Gasteiger partial charge is 0.288 e. The van der Waals surface area contributed by atoms with Gasteiger partial charge in [0.15, 0.2) is 0 Å². The van der Waals surface area contributed by atoms with Crippen molar-refractivity contribution in [1.82, 2.24) is 0 Å². The number of aryl methyl sites for hydroxylation is 1. The highest BCUT2D eigenvalue weighted by Crippen LogP contribution is 2.08. The van der Waals surface area contributed by atoms with Crippen LogP contribution >= 0.6 is 0 Å². The SMILES string of the molecule is C=CC(=NC)c1ccccc1C. The third-order valence-corrected chi connectivity index (χ3v) is 1.86. The maximum absolute atomic E-state index is 4.14. The van der Waals surface area contributed by atoms with Gasteiger partial charge in [0.05, 0.1) is 5.71 Å². The monoisotopic (exact) mass is 159 g/mol. The molecule has 0 saturated carbocycles. The van der Waals surface area contributed by atoms with Crippen molar-refractivity contribution in [1.29, 1.82) is 0 Å². The van der Waals surface area contributed by atoms with Crippen molar-refractivity contribution in [3.8, 4) is 0 Å². The molecule has 0 spiro atoms. The number of nitrogens with zero attached hydrogens (tertiary/aromatic N) is 1. The van der Waals surface area contributed by atoms with Gasteiger partial charge < -0.3 is 0 Å². The topological polar surface area (TPSA) is 12.4 Å². The Labute approximate surface area is 73.5 Å². The minimum atomic E-state index is 0.952. The van der Waals surface area contributed by atoms with Crippen LogP contribution in [0, 0.1) is 6.92 Å². The highest BCUT2D eigenvalue weighted by atomic mass is 14.7. The van der Waals surface area contributed by atoms with Crippen molar-refractivity contribution < 1.29 is 0 Å². The first-order chi connectivity index (χ1) is 5.79. The summed E-state index contributed by atoms with van der Waals surface area (Å²) in [5, 5.41) is 0. The molecule has 0 saturated heterocycles. The lowest BCUT2D eigenvalue weighted by atomic mass is 10.0. The molecule has 1 rings (SSSR count). The van der Waals surface area contributed by atoms with Gasteiger partial charge in [-0.3, -0.25) is 4.99 Å². The van der Waals surface area contributed by atoms with Gasteiger partial charge in [-0.1, -0.05) is 30.8 Å². The first kappa shape index (κ1) is 8.72. The quantitative estimate of drug-likeness (QED) is 0.588. The summed E-state index contributed by atoms with van der Waals surface area (Å²) < 4.78 is 0. The second-order valence-electron chi connectivity index (χ2n) is 2.63. The predicted molar refractivity (Wildman–Crippen MR) is 53.8 cm³/mol. The van der Waals surface area contributed by atoms with Crippen molar-refractivity contribution in [3.05, 3.63) is 48.0 Å². The third-order valence-electron chi connectivity index (χ3n) is 1.86. The molecule has 0 radical (unpaired) electrons. The number of rotatable bonds is 2. The Bertz CT molecular complexity index is 311. The third kappa shape index (κ3) is 1.62. The molecule has 0 aliphatic carbocycles. The van der Waals surface area contributed by atoms with Crippen LogP contribution in [0.1, 0.15) is 11.1 Å². The maximum Gasteiger partial charge on any atom is 0.0639 e. The van der Waals surface area contributed by atoms with Crippen LogP contribution in [-0.4, -0.2) is 12.8 Å². The van der Waals surface area contributed by atoms with Crippen molar-refractivity contribution in [2.24, 2.45) is 4.99 Å². The Morgan fingerprint density at radius 1 is 1.42 bits per heavy atom. The molecule has 12 heavy (non-hydrogen) atoms. The molecule has 0 fully saturated rings. The van der Waals surface area contributed by atoms with Crippen LogP contribution < -0.4 is 0 Å². The van der Waals surface area contributed by atoms with Crippen LogP contribution in [0.25, 0.3) is 0 Å². The van der Waals surface area contributed by atoms with Crippen LogP contribution in [0.15, 0.2) is 41.9 Å². The van der Waals surface area contributed by atoms with Crippen molar-refractivity contribution in [3.63, 3.8) is 0 Å². The van der Waals surface area contributed by atoms with E-state index in [0.717, 1.165) is 11.3 Å². The molecule has 62 valence electrons. The molecule has 0 heterocycles. The zero-order valence-electron chi connectivity index (χ0n) is 7.54. The van der Waals surface area contributed by atoms with Crippen LogP contribution in [0.4, 0.5) is 0 Å². The zero-order chi connectivity index (χ0) is 8.97. The molecule has 1 aromatic carbocycles. The Hall–Kier alpha value is -1.37. The van der Waals surface area contributed by atoms with E-state index in [4.69, 9.17) is 0 Å². The van der Waals surface area contributed by atoms with E-state index in [9.17, 15) is 0 Å². The van der Waals surface area contributed by atoms with E-state index >= 15 is 0 Å². The van der Waals surface area contributed by atoms with Gasteiger partial charge in [-0.2, -0.15) is 0 Å². The second-order valence-corrected chi connectivity index (χ2v) is 2.63. The summed E-state index contributed by atoms with van der Waals surface area (Å²) in [5.74, 6) is 0. The number of aliphatic imine (C=N–C) groups is 1. The minimum Gasteiger partial charge on any atom is -0.288 e. The number of hydrogen-bond acceptors (Lipinski definition) is 1. The molecule has 1 aromatic rings. The summed E-state index contributed by atoms with van der Waals surface area (Å²) in [5.41, 5.74) is 3.35. The Kier molecular flexibility index (Phi) is 2.81. The maximum atomic E-state index is 4.14. The highest BCUT2D eigenvalue weighted by molar-refractivity contribution is 6.09. The molecular weight excluding hydrogens is 146 g/mol. The summed E-state index contributed by atoms with van der Waals surface area (Å²) in [6.07, 6.45) is 1.78. The molecule has 0 aliphatic rings. The van der Waals surface area contributed by atoms with E-state index in [2.05, 4.69) is 30.6 Å². The van der Waals surface area contributed by atoms with E-state index in [1.54, 1.807) is 13.1 Å². The second kappa shape index (κ2) is 3.86. The Morgan fingerprint density at radius 2 is 2.08 bits per heavy atom. The van der Waals surface area contributed by atoms with Crippen LogP contribution in [0.3, 0.4) is 0 Å². The van der Waals surface area contributed by atoms with E-state index in [1.165, 1.54) is 5.56 Å². The number of hydrogen-bond donors (Lipinski definition) is 0. The van der Waals surface area contributed by atoms with E-state index in [-0.39, 0.29) is 0 Å². The highest BCUT2D eigenvalue weighted by Gasteiger charge is 1.99. The van der Waals surface area contributed by atoms with Gasteiger partial charge >= 0.3 is 0 Å². The molecule has 0 aromatic heterocycles. The van der Waals surface area contributed by atoms with Crippen LogP contribution in [-0.2, 0) is 0 Å². The fourth-order valence-electron chi connectivity index (χ4n) is 1.18. The van der Waals surface area contributed by atoms with Gasteiger partial charge in [-0.25, -0.2) is 0 Å². The van der Waals surface area contributed by atoms with E-state index in [1.807, 2.05) is 12.1 Å². The van der Waals surface area contributed by atoms with Crippen LogP contribution in [0.5, 0.6) is 0 Å². The zero-order valence-corrected chi connectivity index (χ0v) is 7.54. The molecule has 0 aliphatic heterocycles. The molecule has 1 heteroatoms. The fraction of sp³-hybridized carbons (Fsp3) is 0.182. The van der Waals surface area contributed by atoms with Crippen molar-refractivity contribution in [2.45, 2.75) is 6.92 Å². The normalized spacial score (nSPS) is 11.3. The predicted octanol–water partition coefficient (Wildman–Crippen LogP) is 2.60. The average Bonchev–Trinajstić information content (AvgIpc) is 2.10. The molecule has 1 nitrogen and oxygen atoms in total. The molecule has 0 amide bonds. The van der Waals surface area contributed by atoms with Gasteiger partial charge in [0.1, 0.15) is 0 Å². The lowest BCUT2D eigenvalue weighted by Crippen LogP contribution is -1.98. The molecule has 0 atom stereocenters. The number of allylic oxidation sites excluding steroid dienone is 1. The summed E-state index contributed by atoms with van der Waals surface area (Å²) in [4.78, 5) is 4.14. The van der Waals surface area contributed by atoms with Crippen LogP contribution in [0.2, 0.25) is 0 Å². The lowest BCUT2D eigenvalue weighted by Gasteiger charge is -2.03. The van der Waals surface area contributed by atoms with Gasteiger partial charge in [-0.15, -0.1) is 0 Å². The van der Waals surface area contributed by atoms with Gasteiger partial charge in [0.25, 0.3) is 0 Å². The molecule has 0 N–H and O–H groups in total. The smallest absolute Gasteiger partial charge is 0.0639 e. The first-order valence-electron chi connectivity index (χ1n) is 3.95. The molecule has 0 bridgehead atoms. The van der Waals surface area contributed by atoms with Gasteiger partial charge in [0.2, 0.25) is 0 Å². The summed E-state index contributed by atoms with van der Waals surface area (Å²) in [7, 11) is 1.78. The summed E-state index contributed by atoms with van der Waals surface area (Å²) in [6, 6.07) is 8.16. The van der Waals surface area contributed by atoms with Gasteiger partial charge in [0, 0.05) is 12.6 Å². The molecule has 0 unspecified atom stereocenters.